The van der Waals surface area contributed by atoms with Gasteiger partial charge in [-0.15, -0.1) is 0 Å². The van der Waals surface area contributed by atoms with Gasteiger partial charge in [0, 0.05) is 22.8 Å². The summed E-state index contributed by atoms with van der Waals surface area (Å²) in [5, 5.41) is 0. The van der Waals surface area contributed by atoms with Crippen LogP contribution in [0.2, 0.25) is 0 Å². The number of amides is 1. The van der Waals surface area contributed by atoms with E-state index in [9.17, 15) is 14.4 Å². The first kappa shape index (κ1) is 22.8. The van der Waals surface area contributed by atoms with Crippen LogP contribution in [0.5, 0.6) is 0 Å². The highest BCUT2D eigenvalue weighted by Gasteiger charge is 2.26. The van der Waals surface area contributed by atoms with Gasteiger partial charge in [0.2, 0.25) is 5.78 Å². The van der Waals surface area contributed by atoms with Crippen molar-refractivity contribution in [1.82, 2.24) is 5.48 Å². The van der Waals surface area contributed by atoms with Gasteiger partial charge in [0.15, 0.2) is 11.5 Å². The van der Waals surface area contributed by atoms with Crippen LogP contribution in [-0.2, 0) is 24.0 Å². The van der Waals surface area contributed by atoms with Crippen LogP contribution in [0.4, 0.5) is 0 Å². The Bertz CT molecular complexity index is 643. The maximum atomic E-state index is 12.5. The number of nitrogens with one attached hydrogen (secondary N) is 1. The second-order valence-corrected chi connectivity index (χ2v) is 6.63. The van der Waals surface area contributed by atoms with Crippen molar-refractivity contribution < 1.29 is 24.0 Å². The van der Waals surface area contributed by atoms with Crippen LogP contribution in [0.3, 0.4) is 0 Å². The standard InChI is InChI=1S/C21H31NO5/c1-5-6-7-8-9-10-11-12-16(21(25)22-27-4)13-17-14-18(23)20(26-3)15(2)19(17)24/h13-14H,5-12H2,1-4H3,(H,22,25)/b16-13+. The molecule has 1 aliphatic carbocycles. The molecule has 150 valence electrons. The number of hydrogen-bond acceptors (Lipinski definition) is 5. The molecule has 0 bridgehead atoms. The predicted molar refractivity (Wildman–Crippen MR) is 104 cm³/mol. The summed E-state index contributed by atoms with van der Waals surface area (Å²) >= 11 is 0. The van der Waals surface area contributed by atoms with Crippen LogP contribution in [0.15, 0.2) is 34.6 Å². The minimum Gasteiger partial charge on any atom is -0.492 e. The summed E-state index contributed by atoms with van der Waals surface area (Å²) < 4.78 is 4.99. The Morgan fingerprint density at radius 2 is 1.70 bits per heavy atom. The molecule has 0 aromatic carbocycles. The van der Waals surface area contributed by atoms with Gasteiger partial charge in [0.05, 0.1) is 14.2 Å². The van der Waals surface area contributed by atoms with Crippen molar-refractivity contribution in [2.75, 3.05) is 14.2 Å². The zero-order valence-corrected chi connectivity index (χ0v) is 16.9. The second kappa shape index (κ2) is 12.2. The van der Waals surface area contributed by atoms with Crippen molar-refractivity contribution in [3.63, 3.8) is 0 Å². The zero-order chi connectivity index (χ0) is 20.2. The first-order chi connectivity index (χ1) is 13.0. The van der Waals surface area contributed by atoms with E-state index in [1.54, 1.807) is 6.92 Å². The van der Waals surface area contributed by atoms with Gasteiger partial charge in [-0.3, -0.25) is 19.2 Å². The minimum absolute atomic E-state index is 0.0483. The molecule has 0 radical (unpaired) electrons. The van der Waals surface area contributed by atoms with Crippen molar-refractivity contribution >= 4 is 17.5 Å². The van der Waals surface area contributed by atoms with E-state index < -0.39 is 5.91 Å². The molecular weight excluding hydrogens is 346 g/mol. The molecule has 0 aromatic rings. The smallest absolute Gasteiger partial charge is 0.270 e. The number of carbonyl (C=O) groups is 3. The number of ketones is 2. The maximum Gasteiger partial charge on any atom is 0.270 e. The summed E-state index contributed by atoms with van der Waals surface area (Å²) in [6.07, 6.45) is 11.1. The Hall–Kier alpha value is -2.21. The first-order valence-electron chi connectivity index (χ1n) is 9.55. The fourth-order valence-corrected chi connectivity index (χ4v) is 3.01. The summed E-state index contributed by atoms with van der Waals surface area (Å²) in [6.45, 7) is 3.73. The monoisotopic (exact) mass is 377 g/mol. The molecule has 6 nitrogen and oxygen atoms in total. The highest BCUT2D eigenvalue weighted by atomic mass is 16.6. The molecule has 0 aliphatic heterocycles. The summed E-state index contributed by atoms with van der Waals surface area (Å²) in [5.74, 6) is -1.03. The lowest BCUT2D eigenvalue weighted by atomic mass is 9.92. The largest absolute Gasteiger partial charge is 0.492 e. The van der Waals surface area contributed by atoms with Crippen LogP contribution in [0.1, 0.15) is 65.2 Å². The van der Waals surface area contributed by atoms with E-state index in [0.717, 1.165) is 19.3 Å². The number of rotatable bonds is 12. The molecule has 1 amide bonds. The van der Waals surface area contributed by atoms with E-state index in [-0.39, 0.29) is 28.5 Å². The van der Waals surface area contributed by atoms with Crippen LogP contribution in [0.25, 0.3) is 0 Å². The Morgan fingerprint density at radius 1 is 1.07 bits per heavy atom. The minimum atomic E-state index is -0.399. The van der Waals surface area contributed by atoms with Crippen LogP contribution in [0, 0.1) is 0 Å². The Morgan fingerprint density at radius 3 is 2.30 bits per heavy atom. The summed E-state index contributed by atoms with van der Waals surface area (Å²) in [5.41, 5.74) is 3.16. The van der Waals surface area contributed by atoms with E-state index in [2.05, 4.69) is 12.4 Å². The molecule has 0 fully saturated rings. The van der Waals surface area contributed by atoms with Gasteiger partial charge in [0.25, 0.3) is 5.91 Å². The molecule has 0 heterocycles. The third-order valence-electron chi connectivity index (χ3n) is 4.52. The van der Waals surface area contributed by atoms with E-state index >= 15 is 0 Å². The quantitative estimate of drug-likeness (QED) is 0.243. The van der Waals surface area contributed by atoms with Crippen LogP contribution >= 0.6 is 0 Å². The molecule has 1 N–H and O–H groups in total. The van der Waals surface area contributed by atoms with Crippen molar-refractivity contribution in [2.24, 2.45) is 0 Å². The van der Waals surface area contributed by atoms with E-state index in [1.807, 2.05) is 0 Å². The van der Waals surface area contributed by atoms with Crippen molar-refractivity contribution in [1.29, 1.82) is 0 Å². The lowest BCUT2D eigenvalue weighted by Gasteiger charge is -2.15. The number of hydroxylamine groups is 1. The molecule has 1 rings (SSSR count). The number of Topliss-reactive ketones (excluding diaryl/α,β-unsaturated/α-hetero) is 1. The highest BCUT2D eigenvalue weighted by molar-refractivity contribution is 6.23. The SMILES string of the molecule is CCCCCCCCC/C(=C\C1=CC(=O)C(OC)=C(C)C1=O)C(=O)NOC. The normalized spacial score (nSPS) is 15.1. The van der Waals surface area contributed by atoms with Gasteiger partial charge < -0.3 is 4.74 Å². The summed E-state index contributed by atoms with van der Waals surface area (Å²) in [6, 6.07) is 0. The number of carbonyl (C=O) groups excluding carboxylic acids is 3. The van der Waals surface area contributed by atoms with E-state index in [1.165, 1.54) is 52.1 Å². The summed E-state index contributed by atoms with van der Waals surface area (Å²) in [7, 11) is 2.71. The highest BCUT2D eigenvalue weighted by Crippen LogP contribution is 2.23. The average molecular weight is 377 g/mol. The fourth-order valence-electron chi connectivity index (χ4n) is 3.01. The molecule has 0 aromatic heterocycles. The average Bonchev–Trinajstić information content (AvgIpc) is 2.64. The molecule has 6 heteroatoms. The fraction of sp³-hybridized carbons (Fsp3) is 0.571. The van der Waals surface area contributed by atoms with Crippen molar-refractivity contribution in [2.45, 2.75) is 65.2 Å². The van der Waals surface area contributed by atoms with Gasteiger partial charge in [0.1, 0.15) is 0 Å². The number of ether oxygens (including phenoxy) is 1. The molecule has 1 aliphatic rings. The number of hydrogen-bond donors (Lipinski definition) is 1. The summed E-state index contributed by atoms with van der Waals surface area (Å²) in [4.78, 5) is 41.5. The molecular formula is C21H31NO5. The lowest BCUT2D eigenvalue weighted by Crippen LogP contribution is -2.25. The molecule has 0 saturated carbocycles. The molecule has 0 saturated heterocycles. The predicted octanol–water partition coefficient (Wildman–Crippen LogP) is 3.73. The van der Waals surface area contributed by atoms with Gasteiger partial charge >= 0.3 is 0 Å². The third-order valence-corrected chi connectivity index (χ3v) is 4.52. The number of allylic oxidation sites excluding steroid dienone is 4. The molecule has 0 spiro atoms. The van der Waals surface area contributed by atoms with Crippen molar-refractivity contribution in [3.8, 4) is 0 Å². The Kier molecular flexibility index (Phi) is 10.3. The lowest BCUT2D eigenvalue weighted by molar-refractivity contribution is -0.127. The van der Waals surface area contributed by atoms with Gasteiger partial charge in [-0.25, -0.2) is 5.48 Å². The third kappa shape index (κ3) is 7.13. The van der Waals surface area contributed by atoms with Crippen molar-refractivity contribution in [3.05, 3.63) is 34.6 Å². The maximum absolute atomic E-state index is 12.5. The number of methoxy groups -OCH3 is 1. The van der Waals surface area contributed by atoms with E-state index in [0.29, 0.717) is 12.0 Å². The second-order valence-electron chi connectivity index (χ2n) is 6.63. The zero-order valence-electron chi connectivity index (χ0n) is 16.9. The molecule has 0 unspecified atom stereocenters. The molecule has 27 heavy (non-hydrogen) atoms. The number of unbranched alkanes of at least 4 members (excludes halogenated alkanes) is 6. The first-order valence-corrected chi connectivity index (χ1v) is 9.55. The van der Waals surface area contributed by atoms with Gasteiger partial charge in [-0.05, 0) is 25.8 Å². The Balaban J connectivity index is 2.80. The molecule has 0 atom stereocenters. The van der Waals surface area contributed by atoms with E-state index in [4.69, 9.17) is 9.57 Å². The van der Waals surface area contributed by atoms with Crippen LogP contribution < -0.4 is 5.48 Å². The topological polar surface area (TPSA) is 81.7 Å². The Labute approximate surface area is 161 Å². The van der Waals surface area contributed by atoms with Gasteiger partial charge in [-0.1, -0.05) is 45.4 Å². The van der Waals surface area contributed by atoms with Gasteiger partial charge in [-0.2, -0.15) is 0 Å². The van der Waals surface area contributed by atoms with Crippen LogP contribution in [-0.4, -0.2) is 31.7 Å².